The molecule has 0 saturated heterocycles. The fourth-order valence-electron chi connectivity index (χ4n) is 1.44. The summed E-state index contributed by atoms with van der Waals surface area (Å²) in [5, 5.41) is 4.36. The molecule has 0 unspecified atom stereocenters. The molecule has 2 aromatic rings. The fraction of sp³-hybridized carbons (Fsp3) is 0.111. The van der Waals surface area contributed by atoms with Crippen molar-refractivity contribution in [3.8, 4) is 0 Å². The highest BCUT2D eigenvalue weighted by Gasteiger charge is 2.20. The van der Waals surface area contributed by atoms with Gasteiger partial charge in [-0.2, -0.15) is 0 Å². The van der Waals surface area contributed by atoms with E-state index in [2.05, 4.69) is 60.2 Å². The van der Waals surface area contributed by atoms with E-state index in [1.165, 1.54) is 15.8 Å². The number of rotatable bonds is 3. The Kier molecular flexibility index (Phi) is 4.78. The number of aromatic nitrogens is 3. The minimum Gasteiger partial charge on any atom is -0.356 e. The van der Waals surface area contributed by atoms with Crippen molar-refractivity contribution >= 4 is 77.7 Å². The Bertz CT molecular complexity index is 778. The van der Waals surface area contributed by atoms with Crippen LogP contribution >= 0.6 is 24.2 Å². The Morgan fingerprint density at radius 3 is 2.65 bits per heavy atom. The minimum atomic E-state index is -3.82. The zero-order valence-corrected chi connectivity index (χ0v) is 15.0. The molecule has 1 aromatic carbocycles. The lowest BCUT2D eigenvalue weighted by Crippen LogP contribution is -2.17. The molecule has 0 spiro atoms. The van der Waals surface area contributed by atoms with Crippen molar-refractivity contribution < 1.29 is 8.42 Å². The molecule has 2 rings (SSSR count). The van der Waals surface area contributed by atoms with Gasteiger partial charge in [0.1, 0.15) is 4.90 Å². The third-order valence-corrected chi connectivity index (χ3v) is 5.30. The van der Waals surface area contributed by atoms with Gasteiger partial charge in [0, 0.05) is 14.6 Å². The van der Waals surface area contributed by atoms with E-state index in [1.807, 2.05) is 0 Å². The lowest BCUT2D eigenvalue weighted by Gasteiger charge is -2.11. The zero-order chi connectivity index (χ0) is 15.1. The summed E-state index contributed by atoms with van der Waals surface area (Å²) in [6.45, 7) is 1.72. The predicted octanol–water partition coefficient (Wildman–Crippen LogP) is 0.0548. The fourth-order valence-corrected chi connectivity index (χ4v) is 4.11. The van der Waals surface area contributed by atoms with E-state index in [9.17, 15) is 8.42 Å². The third-order valence-electron chi connectivity index (χ3n) is 2.40. The summed E-state index contributed by atoms with van der Waals surface area (Å²) in [4.78, 5) is 4.23. The average Bonchev–Trinajstić information content (AvgIpc) is 2.61. The van der Waals surface area contributed by atoms with Crippen LogP contribution < -0.4 is 9.41 Å². The Labute approximate surface area is 143 Å². The van der Waals surface area contributed by atoms with Crippen molar-refractivity contribution in [2.24, 2.45) is 0 Å². The van der Waals surface area contributed by atoms with Gasteiger partial charge in [-0.15, -0.1) is 12.6 Å². The molecular weight excluding hydrogens is 350 g/mol. The second-order valence-electron chi connectivity index (χ2n) is 3.91. The summed E-state index contributed by atoms with van der Waals surface area (Å²) in [5.41, 5.74) is 0.643. The number of sulfonamides is 1. The Morgan fingerprint density at radius 2 is 2.10 bits per heavy atom. The van der Waals surface area contributed by atoms with E-state index in [1.54, 1.807) is 6.92 Å². The van der Waals surface area contributed by atoms with E-state index in [0.717, 1.165) is 0 Å². The molecule has 100 valence electrons. The van der Waals surface area contributed by atoms with Crippen LogP contribution in [0.25, 0.3) is 0 Å². The number of benzene rings is 1. The van der Waals surface area contributed by atoms with Crippen molar-refractivity contribution in [3.05, 3.63) is 22.7 Å². The summed E-state index contributed by atoms with van der Waals surface area (Å²) < 4.78 is 28.7. The number of nitrogens with one attached hydrogen (secondary N) is 1. The molecule has 0 aliphatic carbocycles. The highest BCUT2D eigenvalue weighted by Crippen LogP contribution is 2.27. The van der Waals surface area contributed by atoms with Gasteiger partial charge in [-0.25, -0.2) is 23.2 Å². The van der Waals surface area contributed by atoms with Crippen molar-refractivity contribution in [1.29, 1.82) is 0 Å². The number of hydrogen-bond donors (Lipinski definition) is 2. The van der Waals surface area contributed by atoms with Crippen LogP contribution in [0, 0.1) is 6.92 Å². The topological polar surface area (TPSA) is 76.9 Å². The smallest absolute Gasteiger partial charge is 0.356 e. The van der Waals surface area contributed by atoms with Crippen LogP contribution in [0.4, 0.5) is 5.95 Å². The van der Waals surface area contributed by atoms with Gasteiger partial charge in [0.25, 0.3) is 10.0 Å². The molecular formula is C9H7Al2ClN4O2S2. The first-order valence-corrected chi connectivity index (χ1v) is 8.60. The normalized spacial score (nSPS) is 11.6. The monoisotopic (exact) mass is 356 g/mol. The number of anilines is 1. The van der Waals surface area contributed by atoms with Gasteiger partial charge < -0.3 is 3.67 Å². The molecule has 1 N–H and O–H groups in total. The first-order chi connectivity index (χ1) is 9.20. The molecule has 20 heavy (non-hydrogen) atoms. The molecule has 0 aliphatic rings. The van der Waals surface area contributed by atoms with Gasteiger partial charge in [0.15, 0.2) is 0 Å². The molecule has 1 heterocycles. The van der Waals surface area contributed by atoms with Crippen molar-refractivity contribution in [1.82, 2.24) is 13.7 Å². The standard InChI is InChI=1S/C9H7ClN4O2S2.2Al/c1-5-2-8(7(17)3-6(5)10)18(15,16)14-9-11-4-12-13-9;;/h2-3H,1H3,(H2-,11,12,13,14,17);;/q-1;;+1. The maximum atomic E-state index is 12.3. The molecule has 6 nitrogen and oxygen atoms in total. The molecule has 4 radical (unpaired) electrons. The molecule has 0 bridgehead atoms. The van der Waals surface area contributed by atoms with E-state index in [4.69, 9.17) is 11.6 Å². The van der Waals surface area contributed by atoms with Gasteiger partial charge in [0.05, 0.1) is 0 Å². The van der Waals surface area contributed by atoms with Crippen molar-refractivity contribution in [2.75, 3.05) is 4.72 Å². The van der Waals surface area contributed by atoms with Crippen LogP contribution in [0.1, 0.15) is 5.56 Å². The Morgan fingerprint density at radius 1 is 1.45 bits per heavy atom. The van der Waals surface area contributed by atoms with Gasteiger partial charge >= 0.3 is 16.5 Å². The zero-order valence-electron chi connectivity index (χ0n) is 10.2. The highest BCUT2D eigenvalue weighted by atomic mass is 35.5. The number of hydrogen-bond acceptors (Lipinski definition) is 5. The maximum absolute atomic E-state index is 12.3. The molecule has 0 aliphatic heterocycles. The van der Waals surface area contributed by atoms with Crippen LogP contribution in [-0.2, 0) is 10.0 Å². The largest absolute Gasteiger partial charge is 0.359 e. The molecule has 0 fully saturated rings. The molecule has 11 heteroatoms. The lowest BCUT2D eigenvalue weighted by molar-refractivity contribution is 0.598. The summed E-state index contributed by atoms with van der Waals surface area (Å²) in [5.74, 6) is 0.0836. The quantitative estimate of drug-likeness (QED) is 0.602. The first kappa shape index (κ1) is 16.2. The highest BCUT2D eigenvalue weighted by molar-refractivity contribution is 7.93. The van der Waals surface area contributed by atoms with Crippen LogP contribution in [0.2, 0.25) is 5.02 Å². The van der Waals surface area contributed by atoms with Crippen molar-refractivity contribution in [2.45, 2.75) is 16.7 Å². The second-order valence-corrected chi connectivity index (χ2v) is 7.46. The number of aryl methyl sites for hydroxylation is 1. The van der Waals surface area contributed by atoms with Crippen LogP contribution in [-0.4, -0.2) is 55.0 Å². The summed E-state index contributed by atoms with van der Waals surface area (Å²) in [6.07, 6.45) is 0. The van der Waals surface area contributed by atoms with Crippen LogP contribution in [0.5, 0.6) is 0 Å². The van der Waals surface area contributed by atoms with E-state index in [0.29, 0.717) is 15.3 Å². The third kappa shape index (κ3) is 3.34. The molecule has 1 aromatic heterocycles. The minimum absolute atomic E-state index is 0.0287. The van der Waals surface area contributed by atoms with Gasteiger partial charge in [-0.3, -0.25) is 0 Å². The van der Waals surface area contributed by atoms with E-state index < -0.39 is 10.0 Å². The van der Waals surface area contributed by atoms with Crippen LogP contribution in [0.15, 0.2) is 21.9 Å². The van der Waals surface area contributed by atoms with E-state index in [-0.39, 0.29) is 15.7 Å². The molecule has 0 saturated carbocycles. The number of nitrogens with zero attached hydrogens (tertiary/aromatic N) is 3. The number of halogens is 1. The Balaban J connectivity index is 2.46. The van der Waals surface area contributed by atoms with E-state index >= 15 is 0 Å². The van der Waals surface area contributed by atoms with Gasteiger partial charge in [0.2, 0.25) is 22.2 Å². The predicted molar refractivity (Wildman–Crippen MR) is 80.8 cm³/mol. The average molecular weight is 357 g/mol. The Hall–Kier alpha value is -0.185. The summed E-state index contributed by atoms with van der Waals surface area (Å²) in [7, 11) is -3.82. The second kappa shape index (κ2) is 5.90. The molecule has 0 amide bonds. The van der Waals surface area contributed by atoms with Gasteiger partial charge in [-0.1, -0.05) is 11.6 Å². The summed E-state index contributed by atoms with van der Waals surface area (Å²) in [6, 6.07) is 2.94. The number of thiol groups is 1. The first-order valence-electron chi connectivity index (χ1n) is 5.20. The molecule has 0 atom stereocenters. The maximum Gasteiger partial charge on any atom is 0.359 e. The lowest BCUT2D eigenvalue weighted by atomic mass is 10.2. The van der Waals surface area contributed by atoms with Crippen LogP contribution in [0.3, 0.4) is 0 Å². The summed E-state index contributed by atoms with van der Waals surface area (Å²) >= 11 is 14.6. The SMILES string of the molecule is Cc1cc(S(=O)(=O)Nc2n[c]([Al])n[n]2[Al])c(S)cc1Cl. The van der Waals surface area contributed by atoms with Gasteiger partial charge in [-0.05, 0) is 24.6 Å². The van der Waals surface area contributed by atoms with Crippen molar-refractivity contribution in [3.63, 3.8) is 0 Å².